The Kier molecular flexibility index (Phi) is 4.51. The van der Waals surface area contributed by atoms with Crippen molar-refractivity contribution in [3.05, 3.63) is 0 Å². The molecule has 0 aromatic heterocycles. The van der Waals surface area contributed by atoms with Crippen LogP contribution in [0.3, 0.4) is 0 Å². The summed E-state index contributed by atoms with van der Waals surface area (Å²) in [5, 5.41) is 0. The average molecular weight is 268 g/mol. The second-order valence-corrected chi connectivity index (χ2v) is 6.79. The van der Waals surface area contributed by atoms with Gasteiger partial charge in [0, 0.05) is 19.0 Å². The van der Waals surface area contributed by atoms with Gasteiger partial charge in [0.05, 0.1) is 11.7 Å². The Morgan fingerprint density at radius 1 is 1.37 bits per heavy atom. The maximum absolute atomic E-state index is 12.8. The fraction of sp³-hybridized carbons (Fsp3) is 0.933. The SMILES string of the molecule is CC1CN(C(=O)C2CCCCC2CN)CC(C)(C)O1. The summed E-state index contributed by atoms with van der Waals surface area (Å²) in [5.41, 5.74) is 5.61. The summed E-state index contributed by atoms with van der Waals surface area (Å²) >= 11 is 0. The first-order valence-corrected chi connectivity index (χ1v) is 7.59. The normalized spacial score (nSPS) is 35.2. The second kappa shape index (κ2) is 5.80. The summed E-state index contributed by atoms with van der Waals surface area (Å²) in [4.78, 5) is 14.8. The highest BCUT2D eigenvalue weighted by Crippen LogP contribution is 2.32. The Labute approximate surface area is 116 Å². The molecule has 1 aliphatic heterocycles. The number of hydrogen-bond acceptors (Lipinski definition) is 3. The summed E-state index contributed by atoms with van der Waals surface area (Å²) in [5.74, 6) is 0.820. The third-order valence-corrected chi connectivity index (χ3v) is 4.41. The molecular formula is C15H28N2O2. The molecule has 2 N–H and O–H groups in total. The summed E-state index contributed by atoms with van der Waals surface area (Å²) < 4.78 is 5.88. The molecule has 1 heterocycles. The van der Waals surface area contributed by atoms with Crippen molar-refractivity contribution in [1.29, 1.82) is 0 Å². The van der Waals surface area contributed by atoms with Gasteiger partial charge >= 0.3 is 0 Å². The second-order valence-electron chi connectivity index (χ2n) is 6.79. The van der Waals surface area contributed by atoms with Crippen molar-refractivity contribution in [2.24, 2.45) is 17.6 Å². The van der Waals surface area contributed by atoms with Crippen LogP contribution in [0.2, 0.25) is 0 Å². The maximum Gasteiger partial charge on any atom is 0.226 e. The Hall–Kier alpha value is -0.610. The predicted octanol–water partition coefficient (Wildman–Crippen LogP) is 1.78. The third kappa shape index (κ3) is 3.48. The highest BCUT2D eigenvalue weighted by molar-refractivity contribution is 5.79. The lowest BCUT2D eigenvalue weighted by Gasteiger charge is -2.44. The smallest absolute Gasteiger partial charge is 0.226 e. The molecule has 2 aliphatic rings. The Morgan fingerprint density at radius 3 is 2.68 bits per heavy atom. The molecule has 3 unspecified atom stereocenters. The Morgan fingerprint density at radius 2 is 2.05 bits per heavy atom. The molecule has 1 saturated carbocycles. The van der Waals surface area contributed by atoms with Crippen LogP contribution in [-0.2, 0) is 9.53 Å². The van der Waals surface area contributed by atoms with Crippen LogP contribution in [0.15, 0.2) is 0 Å². The Balaban J connectivity index is 2.05. The van der Waals surface area contributed by atoms with Crippen LogP contribution in [0.4, 0.5) is 0 Å². The standard InChI is InChI=1S/C15H28N2O2/c1-11-9-17(10-15(2,3)19-11)14(18)13-7-5-4-6-12(13)8-16/h11-13H,4-10,16H2,1-3H3. The summed E-state index contributed by atoms with van der Waals surface area (Å²) in [6, 6.07) is 0. The van der Waals surface area contributed by atoms with E-state index in [2.05, 4.69) is 13.8 Å². The number of carbonyl (C=O) groups excluding carboxylic acids is 1. The van der Waals surface area contributed by atoms with Gasteiger partial charge in [-0.3, -0.25) is 4.79 Å². The molecule has 1 saturated heterocycles. The third-order valence-electron chi connectivity index (χ3n) is 4.41. The number of amides is 1. The molecular weight excluding hydrogens is 240 g/mol. The summed E-state index contributed by atoms with van der Waals surface area (Å²) in [6.07, 6.45) is 4.61. The number of hydrogen-bond donors (Lipinski definition) is 1. The number of nitrogens with two attached hydrogens (primary N) is 1. The summed E-state index contributed by atoms with van der Waals surface area (Å²) in [7, 11) is 0. The molecule has 2 fully saturated rings. The van der Waals surface area contributed by atoms with Gasteiger partial charge in [0.25, 0.3) is 0 Å². The fourth-order valence-corrected chi connectivity index (χ4v) is 3.67. The van der Waals surface area contributed by atoms with Crippen molar-refractivity contribution in [3.63, 3.8) is 0 Å². The van der Waals surface area contributed by atoms with E-state index in [1.54, 1.807) is 0 Å². The molecule has 2 rings (SSSR count). The van der Waals surface area contributed by atoms with Crippen LogP contribution in [0.5, 0.6) is 0 Å². The molecule has 1 aliphatic carbocycles. The molecule has 0 aromatic rings. The summed E-state index contributed by atoms with van der Waals surface area (Å²) in [6.45, 7) is 8.22. The zero-order chi connectivity index (χ0) is 14.0. The average Bonchev–Trinajstić information content (AvgIpc) is 2.35. The van der Waals surface area contributed by atoms with Gasteiger partial charge in [0.2, 0.25) is 5.91 Å². The van der Waals surface area contributed by atoms with E-state index in [-0.39, 0.29) is 17.6 Å². The van der Waals surface area contributed by atoms with Gasteiger partial charge in [0.1, 0.15) is 0 Å². The van der Waals surface area contributed by atoms with E-state index in [1.165, 1.54) is 6.42 Å². The lowest BCUT2D eigenvalue weighted by atomic mass is 9.78. The van der Waals surface area contributed by atoms with E-state index < -0.39 is 0 Å². The molecule has 1 amide bonds. The zero-order valence-electron chi connectivity index (χ0n) is 12.5. The van der Waals surface area contributed by atoms with Crippen LogP contribution in [-0.4, -0.2) is 42.1 Å². The predicted molar refractivity (Wildman–Crippen MR) is 75.7 cm³/mol. The van der Waals surface area contributed by atoms with Crippen molar-refractivity contribution in [3.8, 4) is 0 Å². The highest BCUT2D eigenvalue weighted by atomic mass is 16.5. The largest absolute Gasteiger partial charge is 0.369 e. The first-order chi connectivity index (χ1) is 8.93. The molecule has 3 atom stereocenters. The molecule has 19 heavy (non-hydrogen) atoms. The van der Waals surface area contributed by atoms with Crippen LogP contribution in [0.1, 0.15) is 46.5 Å². The first-order valence-electron chi connectivity index (χ1n) is 7.59. The van der Waals surface area contributed by atoms with E-state index in [4.69, 9.17) is 10.5 Å². The molecule has 0 radical (unpaired) electrons. The monoisotopic (exact) mass is 268 g/mol. The minimum absolute atomic E-state index is 0.118. The van der Waals surface area contributed by atoms with E-state index in [9.17, 15) is 4.79 Å². The van der Waals surface area contributed by atoms with Crippen LogP contribution in [0, 0.1) is 11.8 Å². The van der Waals surface area contributed by atoms with E-state index in [1.807, 2.05) is 11.8 Å². The molecule has 0 spiro atoms. The minimum atomic E-state index is -0.236. The number of ether oxygens (including phenoxy) is 1. The van der Waals surface area contributed by atoms with Gasteiger partial charge in [-0.25, -0.2) is 0 Å². The molecule has 4 heteroatoms. The first kappa shape index (κ1) is 14.8. The lowest BCUT2D eigenvalue weighted by molar-refractivity contribution is -0.163. The van der Waals surface area contributed by atoms with Crippen molar-refractivity contribution >= 4 is 5.91 Å². The van der Waals surface area contributed by atoms with E-state index in [0.29, 0.717) is 24.9 Å². The van der Waals surface area contributed by atoms with Gasteiger partial charge in [-0.15, -0.1) is 0 Å². The van der Waals surface area contributed by atoms with Crippen LogP contribution < -0.4 is 5.73 Å². The van der Waals surface area contributed by atoms with Gasteiger partial charge in [-0.2, -0.15) is 0 Å². The van der Waals surface area contributed by atoms with Crippen LogP contribution in [0.25, 0.3) is 0 Å². The van der Waals surface area contributed by atoms with Gasteiger partial charge in [-0.05, 0) is 46.1 Å². The van der Waals surface area contributed by atoms with Crippen LogP contribution >= 0.6 is 0 Å². The number of morpholine rings is 1. The lowest BCUT2D eigenvalue weighted by Crippen LogP contribution is -2.56. The molecule has 4 nitrogen and oxygen atoms in total. The van der Waals surface area contributed by atoms with Crippen molar-refractivity contribution in [1.82, 2.24) is 4.90 Å². The zero-order valence-corrected chi connectivity index (χ0v) is 12.5. The van der Waals surface area contributed by atoms with Gasteiger partial charge < -0.3 is 15.4 Å². The number of carbonyl (C=O) groups is 1. The molecule has 0 bridgehead atoms. The van der Waals surface area contributed by atoms with Gasteiger partial charge in [0.15, 0.2) is 0 Å². The minimum Gasteiger partial charge on any atom is -0.369 e. The molecule has 0 aromatic carbocycles. The van der Waals surface area contributed by atoms with Crippen molar-refractivity contribution < 1.29 is 9.53 Å². The topological polar surface area (TPSA) is 55.6 Å². The fourth-order valence-electron chi connectivity index (χ4n) is 3.67. The number of rotatable bonds is 2. The van der Waals surface area contributed by atoms with E-state index >= 15 is 0 Å². The van der Waals surface area contributed by atoms with Gasteiger partial charge in [-0.1, -0.05) is 12.8 Å². The van der Waals surface area contributed by atoms with Crippen molar-refractivity contribution in [2.75, 3.05) is 19.6 Å². The van der Waals surface area contributed by atoms with Crippen molar-refractivity contribution in [2.45, 2.75) is 58.2 Å². The highest BCUT2D eigenvalue weighted by Gasteiger charge is 2.38. The Bertz CT molecular complexity index is 330. The quantitative estimate of drug-likeness (QED) is 0.830. The molecule has 110 valence electrons. The maximum atomic E-state index is 12.8. The number of nitrogens with zero attached hydrogens (tertiary/aromatic N) is 1. The van der Waals surface area contributed by atoms with E-state index in [0.717, 1.165) is 25.8 Å².